The normalized spacial score (nSPS) is 12.7. The molecule has 1 aromatic rings. The molecule has 5 heteroatoms. The number of halogens is 1. The topological polar surface area (TPSA) is 50.4 Å². The van der Waals surface area contributed by atoms with Crippen molar-refractivity contribution in [2.75, 3.05) is 10.6 Å². The summed E-state index contributed by atoms with van der Waals surface area (Å²) in [4.78, 5) is 11.8. The first-order valence-corrected chi connectivity index (χ1v) is 7.27. The fourth-order valence-electron chi connectivity index (χ4n) is 1.93. The Bertz CT molecular complexity index is 484. The molecular weight excluding hydrogens is 271 g/mol. The minimum atomic E-state index is -0.576. The van der Waals surface area contributed by atoms with Crippen molar-refractivity contribution in [2.45, 2.75) is 59.1 Å². The van der Waals surface area contributed by atoms with Crippen LogP contribution in [0.3, 0.4) is 0 Å². The summed E-state index contributed by atoms with van der Waals surface area (Å²) in [6, 6.07) is 4.40. The molecule has 1 amide bonds. The van der Waals surface area contributed by atoms with Crippen LogP contribution in [0.1, 0.15) is 47.5 Å². The summed E-state index contributed by atoms with van der Waals surface area (Å²) in [6.45, 7) is 9.48. The van der Waals surface area contributed by atoms with E-state index in [2.05, 4.69) is 17.6 Å². The van der Waals surface area contributed by atoms with Crippen LogP contribution in [0.15, 0.2) is 18.2 Å². The molecule has 0 heterocycles. The highest BCUT2D eigenvalue weighted by molar-refractivity contribution is 5.89. The van der Waals surface area contributed by atoms with Crippen molar-refractivity contribution in [3.8, 4) is 0 Å². The molecule has 0 saturated carbocycles. The third kappa shape index (κ3) is 6.47. The van der Waals surface area contributed by atoms with Crippen molar-refractivity contribution in [3.63, 3.8) is 0 Å². The molecule has 2 N–H and O–H groups in total. The van der Waals surface area contributed by atoms with Crippen molar-refractivity contribution in [1.82, 2.24) is 0 Å². The van der Waals surface area contributed by atoms with Crippen LogP contribution in [-0.2, 0) is 4.74 Å². The van der Waals surface area contributed by atoms with E-state index in [1.807, 2.05) is 6.92 Å². The fraction of sp³-hybridized carbons (Fsp3) is 0.562. The molecule has 0 spiro atoms. The summed E-state index contributed by atoms with van der Waals surface area (Å²) < 4.78 is 18.6. The molecule has 1 unspecified atom stereocenters. The van der Waals surface area contributed by atoms with Gasteiger partial charge in [-0.25, -0.2) is 9.18 Å². The van der Waals surface area contributed by atoms with Gasteiger partial charge in [0.05, 0.1) is 11.4 Å². The van der Waals surface area contributed by atoms with Crippen LogP contribution in [0.5, 0.6) is 0 Å². The average Bonchev–Trinajstić information content (AvgIpc) is 2.30. The predicted molar refractivity (Wildman–Crippen MR) is 84.2 cm³/mol. The van der Waals surface area contributed by atoms with Gasteiger partial charge >= 0.3 is 6.09 Å². The quantitative estimate of drug-likeness (QED) is 0.822. The first-order chi connectivity index (χ1) is 9.71. The monoisotopic (exact) mass is 296 g/mol. The molecule has 0 aliphatic carbocycles. The molecule has 1 rings (SSSR count). The summed E-state index contributed by atoms with van der Waals surface area (Å²) in [5.41, 5.74) is 0.489. The Labute approximate surface area is 126 Å². The zero-order valence-corrected chi connectivity index (χ0v) is 13.4. The number of hydrogen-bond donors (Lipinski definition) is 2. The maximum Gasteiger partial charge on any atom is 0.412 e. The third-order valence-corrected chi connectivity index (χ3v) is 2.74. The maximum atomic E-state index is 13.4. The van der Waals surface area contributed by atoms with Gasteiger partial charge in [-0.1, -0.05) is 13.3 Å². The van der Waals surface area contributed by atoms with Crippen molar-refractivity contribution >= 4 is 17.5 Å². The highest BCUT2D eigenvalue weighted by atomic mass is 19.1. The molecule has 118 valence electrons. The van der Waals surface area contributed by atoms with Crippen LogP contribution in [0.4, 0.5) is 20.6 Å². The van der Waals surface area contributed by atoms with E-state index >= 15 is 0 Å². The van der Waals surface area contributed by atoms with Crippen LogP contribution in [-0.4, -0.2) is 17.7 Å². The molecule has 0 bridgehead atoms. The first-order valence-electron chi connectivity index (χ1n) is 7.27. The van der Waals surface area contributed by atoms with E-state index in [9.17, 15) is 9.18 Å². The van der Waals surface area contributed by atoms with Crippen molar-refractivity contribution in [1.29, 1.82) is 0 Å². The number of rotatable bonds is 5. The first kappa shape index (κ1) is 17.3. The number of amides is 1. The van der Waals surface area contributed by atoms with Gasteiger partial charge in [0.15, 0.2) is 0 Å². The summed E-state index contributed by atoms with van der Waals surface area (Å²) in [5.74, 6) is -0.351. The lowest BCUT2D eigenvalue weighted by Crippen LogP contribution is -2.27. The van der Waals surface area contributed by atoms with E-state index in [1.165, 1.54) is 18.2 Å². The molecule has 1 atom stereocenters. The lowest BCUT2D eigenvalue weighted by Gasteiger charge is -2.22. The zero-order chi connectivity index (χ0) is 16.0. The molecule has 1 aromatic carbocycles. The van der Waals surface area contributed by atoms with Crippen LogP contribution in [0.25, 0.3) is 0 Å². The van der Waals surface area contributed by atoms with Gasteiger partial charge in [-0.15, -0.1) is 0 Å². The van der Waals surface area contributed by atoms with Gasteiger partial charge in [0.2, 0.25) is 0 Å². The Morgan fingerprint density at radius 1 is 1.33 bits per heavy atom. The molecule has 0 aliphatic rings. The van der Waals surface area contributed by atoms with Crippen molar-refractivity contribution in [3.05, 3.63) is 24.0 Å². The number of benzene rings is 1. The summed E-state index contributed by atoms with van der Waals surface area (Å²) >= 11 is 0. The van der Waals surface area contributed by atoms with Gasteiger partial charge < -0.3 is 10.1 Å². The smallest absolute Gasteiger partial charge is 0.412 e. The highest BCUT2D eigenvalue weighted by Gasteiger charge is 2.17. The molecule has 0 radical (unpaired) electrons. The van der Waals surface area contributed by atoms with Crippen LogP contribution in [0.2, 0.25) is 0 Å². The molecule has 21 heavy (non-hydrogen) atoms. The largest absolute Gasteiger partial charge is 0.444 e. The van der Waals surface area contributed by atoms with Crippen LogP contribution in [0, 0.1) is 5.82 Å². The van der Waals surface area contributed by atoms with E-state index in [0.29, 0.717) is 11.4 Å². The number of anilines is 2. The minimum absolute atomic E-state index is 0.191. The van der Waals surface area contributed by atoms with Gasteiger partial charge in [0.25, 0.3) is 0 Å². The second-order valence-electron chi connectivity index (χ2n) is 6.15. The average molecular weight is 296 g/mol. The SMILES string of the molecule is CCCC(C)Nc1cc(F)ccc1NC(=O)OC(C)(C)C. The Hall–Kier alpha value is -1.78. The molecule has 0 fully saturated rings. The molecule has 0 aliphatic heterocycles. The Morgan fingerprint density at radius 3 is 2.57 bits per heavy atom. The van der Waals surface area contributed by atoms with Crippen molar-refractivity contribution in [2.24, 2.45) is 0 Å². The Balaban J connectivity index is 2.84. The predicted octanol–water partition coefficient (Wildman–Crippen LogP) is 4.77. The molecule has 0 saturated heterocycles. The summed E-state index contributed by atoms with van der Waals surface area (Å²) in [7, 11) is 0. The van der Waals surface area contributed by atoms with Crippen LogP contribution >= 0.6 is 0 Å². The van der Waals surface area contributed by atoms with Gasteiger partial charge in [0, 0.05) is 6.04 Å². The lowest BCUT2D eigenvalue weighted by molar-refractivity contribution is 0.0636. The van der Waals surface area contributed by atoms with E-state index in [1.54, 1.807) is 20.8 Å². The third-order valence-electron chi connectivity index (χ3n) is 2.74. The number of carbonyl (C=O) groups is 1. The molecule has 4 nitrogen and oxygen atoms in total. The van der Waals surface area contributed by atoms with E-state index in [-0.39, 0.29) is 11.9 Å². The second-order valence-corrected chi connectivity index (χ2v) is 6.15. The van der Waals surface area contributed by atoms with E-state index in [4.69, 9.17) is 4.74 Å². The molecule has 0 aromatic heterocycles. The number of ether oxygens (including phenoxy) is 1. The Morgan fingerprint density at radius 2 is 2.00 bits per heavy atom. The number of carbonyl (C=O) groups excluding carboxylic acids is 1. The van der Waals surface area contributed by atoms with Gasteiger partial charge in [-0.05, 0) is 52.3 Å². The highest BCUT2D eigenvalue weighted by Crippen LogP contribution is 2.25. The van der Waals surface area contributed by atoms with Crippen molar-refractivity contribution < 1.29 is 13.9 Å². The van der Waals surface area contributed by atoms with E-state index < -0.39 is 11.7 Å². The zero-order valence-electron chi connectivity index (χ0n) is 13.4. The summed E-state index contributed by atoms with van der Waals surface area (Å²) in [6.07, 6.45) is 1.43. The number of hydrogen-bond acceptors (Lipinski definition) is 3. The second kappa shape index (κ2) is 7.29. The fourth-order valence-corrected chi connectivity index (χ4v) is 1.93. The van der Waals surface area contributed by atoms with Gasteiger partial charge in [-0.3, -0.25) is 5.32 Å². The Kier molecular flexibility index (Phi) is 6.00. The van der Waals surface area contributed by atoms with Gasteiger partial charge in [-0.2, -0.15) is 0 Å². The van der Waals surface area contributed by atoms with E-state index in [0.717, 1.165) is 12.8 Å². The maximum absolute atomic E-state index is 13.4. The summed E-state index contributed by atoms with van der Waals surface area (Å²) in [5, 5.41) is 5.86. The molecular formula is C16H25FN2O2. The van der Waals surface area contributed by atoms with Crippen LogP contribution < -0.4 is 10.6 Å². The standard InChI is InChI=1S/C16H25FN2O2/c1-6-7-11(2)18-14-10-12(17)8-9-13(14)19-15(20)21-16(3,4)5/h8-11,18H,6-7H2,1-5H3,(H,19,20). The lowest BCUT2D eigenvalue weighted by atomic mass is 10.1. The number of nitrogens with one attached hydrogen (secondary N) is 2. The minimum Gasteiger partial charge on any atom is -0.444 e. The van der Waals surface area contributed by atoms with Gasteiger partial charge in [0.1, 0.15) is 11.4 Å².